The van der Waals surface area contributed by atoms with Crippen LogP contribution in [-0.4, -0.2) is 10.2 Å². The highest BCUT2D eigenvalue weighted by atomic mass is 16.5. The molecule has 0 aliphatic carbocycles. The third kappa shape index (κ3) is 1.65. The standard InChI is InChI=1S/C15H12O3/c16-13-11-8-4-5-9-12(11)18-15(14(13)17)10-6-2-1-3-7-10/h1-9,13,16-17H/t13-/m0/s1. The van der Waals surface area contributed by atoms with Crippen LogP contribution >= 0.6 is 0 Å². The van der Waals surface area contributed by atoms with Crippen LogP contribution in [0.3, 0.4) is 0 Å². The minimum Gasteiger partial charge on any atom is -0.506 e. The van der Waals surface area contributed by atoms with Crippen LogP contribution in [0.4, 0.5) is 0 Å². The Morgan fingerprint density at radius 3 is 2.33 bits per heavy atom. The molecule has 1 aliphatic rings. The maximum Gasteiger partial charge on any atom is 0.175 e. The average molecular weight is 240 g/mol. The zero-order valence-corrected chi connectivity index (χ0v) is 9.58. The number of rotatable bonds is 1. The third-order valence-electron chi connectivity index (χ3n) is 2.95. The van der Waals surface area contributed by atoms with Gasteiger partial charge in [0, 0.05) is 11.1 Å². The second-order valence-electron chi connectivity index (χ2n) is 4.12. The summed E-state index contributed by atoms with van der Waals surface area (Å²) in [6, 6.07) is 16.4. The van der Waals surface area contributed by atoms with Crippen molar-refractivity contribution in [3.63, 3.8) is 0 Å². The molecule has 2 aromatic rings. The zero-order valence-electron chi connectivity index (χ0n) is 9.58. The topological polar surface area (TPSA) is 49.7 Å². The summed E-state index contributed by atoms with van der Waals surface area (Å²) in [6.45, 7) is 0. The van der Waals surface area contributed by atoms with Gasteiger partial charge in [0.05, 0.1) is 0 Å². The number of para-hydroxylation sites is 1. The van der Waals surface area contributed by atoms with E-state index in [1.165, 1.54) is 0 Å². The number of benzene rings is 2. The second kappa shape index (κ2) is 4.20. The highest BCUT2D eigenvalue weighted by Crippen LogP contribution is 2.39. The Balaban J connectivity index is 2.11. The normalized spacial score (nSPS) is 18.2. The maximum atomic E-state index is 10.1. The summed E-state index contributed by atoms with van der Waals surface area (Å²) in [5.41, 5.74) is 1.32. The molecule has 2 N–H and O–H groups in total. The van der Waals surface area contributed by atoms with Crippen LogP contribution in [0.1, 0.15) is 17.2 Å². The number of fused-ring (bicyclic) bond motifs is 1. The number of hydrogen-bond donors (Lipinski definition) is 2. The summed E-state index contributed by atoms with van der Waals surface area (Å²) in [4.78, 5) is 0. The fourth-order valence-corrected chi connectivity index (χ4v) is 2.03. The highest BCUT2D eigenvalue weighted by Gasteiger charge is 2.28. The predicted molar refractivity (Wildman–Crippen MR) is 68.0 cm³/mol. The van der Waals surface area contributed by atoms with E-state index in [-0.39, 0.29) is 5.76 Å². The van der Waals surface area contributed by atoms with Gasteiger partial charge >= 0.3 is 0 Å². The Morgan fingerprint density at radius 1 is 0.889 bits per heavy atom. The number of ether oxygens (including phenoxy) is 1. The van der Waals surface area contributed by atoms with Crippen LogP contribution in [0.5, 0.6) is 5.75 Å². The van der Waals surface area contributed by atoms with Gasteiger partial charge in [0.2, 0.25) is 0 Å². The Labute approximate surface area is 105 Å². The summed E-state index contributed by atoms with van der Waals surface area (Å²) in [5, 5.41) is 20.1. The van der Waals surface area contributed by atoms with E-state index >= 15 is 0 Å². The third-order valence-corrected chi connectivity index (χ3v) is 2.95. The van der Waals surface area contributed by atoms with Crippen LogP contribution in [0.15, 0.2) is 60.4 Å². The molecule has 1 atom stereocenters. The van der Waals surface area contributed by atoms with Gasteiger partial charge < -0.3 is 14.9 Å². The molecule has 90 valence electrons. The quantitative estimate of drug-likeness (QED) is 0.805. The molecule has 3 rings (SSSR count). The van der Waals surface area contributed by atoms with Crippen molar-refractivity contribution in [3.8, 4) is 5.75 Å². The largest absolute Gasteiger partial charge is 0.506 e. The van der Waals surface area contributed by atoms with Crippen LogP contribution < -0.4 is 4.74 Å². The van der Waals surface area contributed by atoms with Gasteiger partial charge in [-0.15, -0.1) is 0 Å². The van der Waals surface area contributed by atoms with Crippen LogP contribution in [0.2, 0.25) is 0 Å². The fraction of sp³-hybridized carbons (Fsp3) is 0.0667. The summed E-state index contributed by atoms with van der Waals surface area (Å²) in [7, 11) is 0. The predicted octanol–water partition coefficient (Wildman–Crippen LogP) is 3.04. The van der Waals surface area contributed by atoms with Gasteiger partial charge in [0.25, 0.3) is 0 Å². The van der Waals surface area contributed by atoms with Gasteiger partial charge in [-0.2, -0.15) is 0 Å². The molecule has 3 heteroatoms. The number of hydrogen-bond acceptors (Lipinski definition) is 3. The van der Waals surface area contributed by atoms with Gasteiger partial charge in [0.15, 0.2) is 11.5 Å². The maximum absolute atomic E-state index is 10.1. The van der Waals surface area contributed by atoms with E-state index in [1.807, 2.05) is 36.4 Å². The molecule has 0 spiro atoms. The van der Waals surface area contributed by atoms with Gasteiger partial charge in [0.1, 0.15) is 11.9 Å². The van der Waals surface area contributed by atoms with E-state index in [1.54, 1.807) is 18.2 Å². The van der Waals surface area contributed by atoms with Crippen molar-refractivity contribution < 1.29 is 14.9 Å². The minimum atomic E-state index is -1.04. The lowest BCUT2D eigenvalue weighted by Crippen LogP contribution is -2.14. The van der Waals surface area contributed by atoms with E-state index in [0.717, 1.165) is 5.56 Å². The lowest BCUT2D eigenvalue weighted by Gasteiger charge is -2.24. The van der Waals surface area contributed by atoms with Crippen LogP contribution in [-0.2, 0) is 0 Å². The molecular weight excluding hydrogens is 228 g/mol. The average Bonchev–Trinajstić information content (AvgIpc) is 2.44. The van der Waals surface area contributed by atoms with Gasteiger partial charge in [-0.1, -0.05) is 48.5 Å². The van der Waals surface area contributed by atoms with Crippen molar-refractivity contribution in [2.24, 2.45) is 0 Å². The molecule has 0 unspecified atom stereocenters. The minimum absolute atomic E-state index is 0.153. The molecule has 0 fully saturated rings. The van der Waals surface area contributed by atoms with E-state index in [0.29, 0.717) is 17.1 Å². The first-order chi connectivity index (χ1) is 8.77. The fourth-order valence-electron chi connectivity index (χ4n) is 2.03. The van der Waals surface area contributed by atoms with E-state index in [9.17, 15) is 10.2 Å². The Bertz CT molecular complexity index is 602. The number of aliphatic hydroxyl groups excluding tert-OH is 2. The van der Waals surface area contributed by atoms with Crippen molar-refractivity contribution >= 4 is 5.76 Å². The molecule has 0 amide bonds. The zero-order chi connectivity index (χ0) is 12.5. The molecule has 1 heterocycles. The Morgan fingerprint density at radius 2 is 1.56 bits per heavy atom. The van der Waals surface area contributed by atoms with E-state index in [4.69, 9.17) is 4.74 Å². The summed E-state index contributed by atoms with van der Waals surface area (Å²) < 4.78 is 5.67. The van der Waals surface area contributed by atoms with Crippen LogP contribution in [0, 0.1) is 0 Å². The molecule has 0 aromatic heterocycles. The first-order valence-corrected chi connectivity index (χ1v) is 5.71. The molecule has 0 saturated carbocycles. The SMILES string of the molecule is OC1=C(c2ccccc2)Oc2ccccc2[C@@H]1O. The van der Waals surface area contributed by atoms with Gasteiger partial charge in [-0.25, -0.2) is 0 Å². The summed E-state index contributed by atoms with van der Waals surface area (Å²) in [5.74, 6) is 0.725. The number of aliphatic hydroxyl groups is 2. The molecule has 3 nitrogen and oxygen atoms in total. The first kappa shape index (κ1) is 10.9. The van der Waals surface area contributed by atoms with Crippen molar-refractivity contribution in [3.05, 3.63) is 71.5 Å². The molecule has 0 bridgehead atoms. The molecule has 0 saturated heterocycles. The Kier molecular flexibility index (Phi) is 2.54. The molecule has 18 heavy (non-hydrogen) atoms. The molecule has 1 aliphatic heterocycles. The van der Waals surface area contributed by atoms with Crippen molar-refractivity contribution in [2.45, 2.75) is 6.10 Å². The Hall–Kier alpha value is -2.26. The highest BCUT2D eigenvalue weighted by molar-refractivity contribution is 5.68. The molecule has 0 radical (unpaired) electrons. The van der Waals surface area contributed by atoms with E-state index in [2.05, 4.69) is 0 Å². The summed E-state index contributed by atoms with van der Waals surface area (Å²) >= 11 is 0. The van der Waals surface area contributed by atoms with Crippen molar-refractivity contribution in [2.75, 3.05) is 0 Å². The van der Waals surface area contributed by atoms with Crippen LogP contribution in [0.25, 0.3) is 5.76 Å². The van der Waals surface area contributed by atoms with Crippen molar-refractivity contribution in [1.82, 2.24) is 0 Å². The smallest absolute Gasteiger partial charge is 0.175 e. The van der Waals surface area contributed by atoms with Gasteiger partial charge in [-0.3, -0.25) is 0 Å². The molecule has 2 aromatic carbocycles. The lowest BCUT2D eigenvalue weighted by atomic mass is 10.0. The van der Waals surface area contributed by atoms with Gasteiger partial charge in [-0.05, 0) is 6.07 Å². The monoisotopic (exact) mass is 240 g/mol. The lowest BCUT2D eigenvalue weighted by molar-refractivity contribution is 0.142. The van der Waals surface area contributed by atoms with Crippen molar-refractivity contribution in [1.29, 1.82) is 0 Å². The first-order valence-electron chi connectivity index (χ1n) is 5.71. The molecular formula is C15H12O3. The summed E-state index contributed by atoms with van der Waals surface area (Å²) in [6.07, 6.45) is -1.04. The van der Waals surface area contributed by atoms with E-state index < -0.39 is 6.10 Å². The second-order valence-corrected chi connectivity index (χ2v) is 4.12.